The van der Waals surface area contributed by atoms with Gasteiger partial charge < -0.3 is 5.43 Å². The summed E-state index contributed by atoms with van der Waals surface area (Å²) >= 11 is 0. The summed E-state index contributed by atoms with van der Waals surface area (Å²) < 4.78 is 27.1. The van der Waals surface area contributed by atoms with Crippen molar-refractivity contribution >= 4 is 18.6 Å². The van der Waals surface area contributed by atoms with Crippen molar-refractivity contribution in [3.63, 3.8) is 0 Å². The molecule has 1 aliphatic heterocycles. The molecule has 0 aromatic carbocycles. The van der Waals surface area contributed by atoms with E-state index >= 15 is 0 Å². The number of hydrogen-bond acceptors (Lipinski definition) is 5. The Bertz CT molecular complexity index is 984. The average molecular weight is 383 g/mol. The third-order valence-electron chi connectivity index (χ3n) is 6.32. The highest BCUT2D eigenvalue weighted by Crippen LogP contribution is 2.47. The summed E-state index contributed by atoms with van der Waals surface area (Å²) in [6.45, 7) is 4.11. The fraction of sp³-hybridized carbons (Fsp3) is 0.476. The molecule has 0 spiro atoms. The van der Waals surface area contributed by atoms with Crippen LogP contribution < -0.4 is 21.0 Å². The molecule has 0 bridgehead atoms. The Morgan fingerprint density at radius 1 is 1.07 bits per heavy atom. The number of pyridine rings is 1. The van der Waals surface area contributed by atoms with E-state index in [-0.39, 0.29) is 24.8 Å². The molecular formula is C21H23F2N5. The SMILES string of the molecule is C=c1nc(C2CCC2c2ccccn2)nc2c1=CNN2C1CCC(F)(F)CC1. The van der Waals surface area contributed by atoms with Gasteiger partial charge in [-0.2, -0.15) is 0 Å². The first-order valence-corrected chi connectivity index (χ1v) is 9.93. The van der Waals surface area contributed by atoms with Gasteiger partial charge in [-0.05, 0) is 37.8 Å². The highest BCUT2D eigenvalue weighted by atomic mass is 19.3. The molecule has 0 amide bonds. The molecule has 28 heavy (non-hydrogen) atoms. The Kier molecular flexibility index (Phi) is 4.07. The van der Waals surface area contributed by atoms with Crippen molar-refractivity contribution in [3.8, 4) is 0 Å². The summed E-state index contributed by atoms with van der Waals surface area (Å²) in [5.41, 5.74) is 4.29. The molecule has 2 fully saturated rings. The molecule has 3 aliphatic rings. The van der Waals surface area contributed by atoms with E-state index in [0.717, 1.165) is 35.4 Å². The number of rotatable bonds is 3. The molecule has 2 aromatic rings. The lowest BCUT2D eigenvalue weighted by Crippen LogP contribution is -2.46. The second-order valence-electron chi connectivity index (χ2n) is 8.04. The average Bonchev–Trinajstić information content (AvgIpc) is 3.06. The van der Waals surface area contributed by atoms with E-state index in [9.17, 15) is 8.78 Å². The Morgan fingerprint density at radius 2 is 1.86 bits per heavy atom. The van der Waals surface area contributed by atoms with Crippen LogP contribution in [0.1, 0.15) is 61.9 Å². The number of nitrogens with one attached hydrogen (secondary N) is 1. The first-order chi connectivity index (χ1) is 13.5. The zero-order chi connectivity index (χ0) is 19.3. The third-order valence-corrected chi connectivity index (χ3v) is 6.32. The number of halogens is 2. The van der Waals surface area contributed by atoms with Gasteiger partial charge in [-0.1, -0.05) is 12.6 Å². The van der Waals surface area contributed by atoms with Crippen molar-refractivity contribution in [3.05, 3.63) is 46.5 Å². The van der Waals surface area contributed by atoms with Gasteiger partial charge in [0.05, 0.1) is 16.6 Å². The predicted octanol–water partition coefficient (Wildman–Crippen LogP) is 2.58. The first-order valence-electron chi connectivity index (χ1n) is 9.93. The molecule has 0 saturated heterocycles. The van der Waals surface area contributed by atoms with Crippen molar-refractivity contribution in [2.75, 3.05) is 5.01 Å². The molecular weight excluding hydrogens is 360 g/mol. The largest absolute Gasteiger partial charge is 0.303 e. The molecule has 146 valence electrons. The molecule has 2 unspecified atom stereocenters. The summed E-state index contributed by atoms with van der Waals surface area (Å²) in [6.07, 6.45) is 6.48. The fourth-order valence-electron chi connectivity index (χ4n) is 4.53. The van der Waals surface area contributed by atoms with Crippen LogP contribution in [0, 0.1) is 0 Å². The lowest BCUT2D eigenvalue weighted by Gasteiger charge is -2.37. The Hall–Kier alpha value is -2.57. The van der Waals surface area contributed by atoms with E-state index in [2.05, 4.69) is 28.0 Å². The molecule has 2 atom stereocenters. The minimum Gasteiger partial charge on any atom is -0.303 e. The molecule has 2 saturated carbocycles. The first kappa shape index (κ1) is 17.5. The summed E-state index contributed by atoms with van der Waals surface area (Å²) in [5.74, 6) is -0.442. The highest BCUT2D eigenvalue weighted by Gasteiger charge is 2.40. The Balaban J connectivity index is 1.43. The maximum Gasteiger partial charge on any atom is 0.248 e. The molecule has 0 radical (unpaired) electrons. The van der Waals surface area contributed by atoms with Crippen molar-refractivity contribution in [1.29, 1.82) is 0 Å². The maximum atomic E-state index is 13.6. The van der Waals surface area contributed by atoms with E-state index < -0.39 is 5.92 Å². The van der Waals surface area contributed by atoms with Gasteiger partial charge in [0.15, 0.2) is 5.82 Å². The van der Waals surface area contributed by atoms with Crippen molar-refractivity contribution in [1.82, 2.24) is 20.4 Å². The number of nitrogens with zero attached hydrogens (tertiary/aromatic N) is 4. The monoisotopic (exact) mass is 383 g/mol. The molecule has 2 aromatic heterocycles. The van der Waals surface area contributed by atoms with Crippen LogP contribution >= 0.6 is 0 Å². The standard InChI is InChI=1S/C21H23F2N5/c1-13-17-12-25-28(14-7-9-21(22,23)10-8-14)20(17)27-19(26-13)16-6-5-15(16)18-4-2-3-11-24-18/h2-4,11-12,14-16,25H,1,5-10H2. The number of hydrogen-bond donors (Lipinski definition) is 1. The number of aromatic nitrogens is 3. The van der Waals surface area contributed by atoms with Gasteiger partial charge >= 0.3 is 0 Å². The van der Waals surface area contributed by atoms with Crippen molar-refractivity contribution in [2.45, 2.75) is 62.3 Å². The quantitative estimate of drug-likeness (QED) is 0.883. The minimum absolute atomic E-state index is 0.00672. The van der Waals surface area contributed by atoms with E-state index in [1.165, 1.54) is 0 Å². The number of hydrazine groups is 1. The van der Waals surface area contributed by atoms with Crippen molar-refractivity contribution in [2.24, 2.45) is 0 Å². The fourth-order valence-corrected chi connectivity index (χ4v) is 4.53. The summed E-state index contributed by atoms with van der Waals surface area (Å²) in [6, 6.07) is 5.99. The highest BCUT2D eigenvalue weighted by molar-refractivity contribution is 5.52. The van der Waals surface area contributed by atoms with Gasteiger partial charge in [-0.25, -0.2) is 18.7 Å². The van der Waals surface area contributed by atoms with Crippen LogP contribution in [-0.2, 0) is 0 Å². The van der Waals surface area contributed by atoms with Crippen LogP contribution in [-0.4, -0.2) is 26.9 Å². The summed E-state index contributed by atoms with van der Waals surface area (Å²) in [4.78, 5) is 14.1. The summed E-state index contributed by atoms with van der Waals surface area (Å²) in [5, 5.41) is 3.48. The topological polar surface area (TPSA) is 53.9 Å². The molecule has 7 heteroatoms. The molecule has 5 rings (SSSR count). The van der Waals surface area contributed by atoms with Gasteiger partial charge in [-0.15, -0.1) is 0 Å². The van der Waals surface area contributed by atoms with Crippen LogP contribution in [0.25, 0.3) is 12.8 Å². The number of fused-ring (bicyclic) bond motifs is 1. The van der Waals surface area contributed by atoms with Crippen LogP contribution in [0.15, 0.2) is 24.4 Å². The number of alkyl halides is 2. The molecule has 3 heterocycles. The molecule has 5 nitrogen and oxygen atoms in total. The summed E-state index contributed by atoms with van der Waals surface area (Å²) in [7, 11) is 0. The minimum atomic E-state index is -2.54. The Labute approximate surface area is 162 Å². The number of anilines is 1. The van der Waals surface area contributed by atoms with Crippen LogP contribution in [0.5, 0.6) is 0 Å². The van der Waals surface area contributed by atoms with Gasteiger partial charge in [0.25, 0.3) is 0 Å². The van der Waals surface area contributed by atoms with Crippen LogP contribution in [0.4, 0.5) is 14.6 Å². The molecule has 1 N–H and O–H groups in total. The zero-order valence-corrected chi connectivity index (χ0v) is 15.6. The van der Waals surface area contributed by atoms with Gasteiger partial charge in [0.2, 0.25) is 5.92 Å². The van der Waals surface area contributed by atoms with Gasteiger partial charge in [0.1, 0.15) is 5.82 Å². The van der Waals surface area contributed by atoms with E-state index in [0.29, 0.717) is 24.1 Å². The smallest absolute Gasteiger partial charge is 0.248 e. The van der Waals surface area contributed by atoms with Crippen LogP contribution in [0.2, 0.25) is 0 Å². The maximum absolute atomic E-state index is 13.6. The Morgan fingerprint density at radius 3 is 2.54 bits per heavy atom. The normalized spacial score (nSPS) is 26.1. The van der Waals surface area contributed by atoms with E-state index in [1.807, 2.05) is 29.5 Å². The van der Waals surface area contributed by atoms with Crippen molar-refractivity contribution < 1.29 is 8.78 Å². The lowest BCUT2D eigenvalue weighted by molar-refractivity contribution is -0.0384. The van der Waals surface area contributed by atoms with E-state index in [4.69, 9.17) is 4.98 Å². The lowest BCUT2D eigenvalue weighted by atomic mass is 9.71. The van der Waals surface area contributed by atoms with Crippen LogP contribution in [0.3, 0.4) is 0 Å². The second kappa shape index (κ2) is 6.50. The van der Waals surface area contributed by atoms with Gasteiger partial charge in [0, 0.05) is 42.8 Å². The third kappa shape index (κ3) is 2.93. The predicted molar refractivity (Wildman–Crippen MR) is 103 cm³/mol. The molecule has 2 aliphatic carbocycles. The van der Waals surface area contributed by atoms with E-state index in [1.54, 1.807) is 0 Å². The second-order valence-corrected chi connectivity index (χ2v) is 8.04. The zero-order valence-electron chi connectivity index (χ0n) is 15.6. The van der Waals surface area contributed by atoms with Gasteiger partial charge in [-0.3, -0.25) is 9.99 Å².